The maximum atomic E-state index is 11.4. The Morgan fingerprint density at radius 3 is 2.24 bits per heavy atom. The van der Waals surface area contributed by atoms with E-state index in [1.165, 1.54) is 0 Å². The highest BCUT2D eigenvalue weighted by molar-refractivity contribution is 5.74. The first-order chi connectivity index (χ1) is 7.78. The smallest absolute Gasteiger partial charge is 0.253 e. The van der Waals surface area contributed by atoms with Crippen molar-refractivity contribution >= 4 is 11.4 Å². The van der Waals surface area contributed by atoms with Gasteiger partial charge in [-0.2, -0.15) is 0 Å². The van der Waals surface area contributed by atoms with Crippen LogP contribution in [0.3, 0.4) is 0 Å². The van der Waals surface area contributed by atoms with Crippen molar-refractivity contribution in [1.82, 2.24) is 0 Å². The monoisotopic (exact) mass is 238 g/mol. The standard InChI is InChI=1S/C13H22N2O2/c1-13(2,3)7-6-8-15(5)10-9(14-4)11(16)12(10)17/h14H,6-8H2,1-5H3. The van der Waals surface area contributed by atoms with Gasteiger partial charge in [-0.1, -0.05) is 20.8 Å². The molecule has 0 heterocycles. The third-order valence-corrected chi connectivity index (χ3v) is 2.94. The first-order valence-corrected chi connectivity index (χ1v) is 6.00. The Morgan fingerprint density at radius 1 is 1.18 bits per heavy atom. The number of rotatable bonds is 5. The van der Waals surface area contributed by atoms with E-state index in [0.29, 0.717) is 16.8 Å². The minimum absolute atomic E-state index is 0.306. The quantitative estimate of drug-likeness (QED) is 0.791. The topological polar surface area (TPSA) is 49.4 Å². The summed E-state index contributed by atoms with van der Waals surface area (Å²) in [5, 5.41) is 2.79. The molecule has 0 bridgehead atoms. The molecule has 96 valence electrons. The first kappa shape index (κ1) is 13.7. The molecule has 0 aliphatic carbocycles. The lowest BCUT2D eigenvalue weighted by Crippen LogP contribution is -2.41. The zero-order chi connectivity index (χ0) is 13.2. The van der Waals surface area contributed by atoms with Crippen LogP contribution < -0.4 is 21.1 Å². The third kappa shape index (κ3) is 3.08. The maximum absolute atomic E-state index is 11.4. The lowest BCUT2D eigenvalue weighted by molar-refractivity contribution is 0.367. The average Bonchev–Trinajstić information content (AvgIpc) is 2.22. The van der Waals surface area contributed by atoms with Gasteiger partial charge in [0.2, 0.25) is 0 Å². The molecule has 17 heavy (non-hydrogen) atoms. The van der Waals surface area contributed by atoms with Crippen molar-refractivity contribution < 1.29 is 0 Å². The molecule has 1 aromatic carbocycles. The van der Waals surface area contributed by atoms with Crippen LogP contribution in [0.4, 0.5) is 11.4 Å². The summed E-state index contributed by atoms with van der Waals surface area (Å²) in [6.07, 6.45) is 2.11. The molecule has 4 heteroatoms. The molecule has 1 rings (SSSR count). The largest absolute Gasteiger partial charge is 0.383 e. The normalized spacial score (nSPS) is 11.8. The number of anilines is 2. The second kappa shape index (κ2) is 4.90. The fourth-order valence-corrected chi connectivity index (χ4v) is 1.93. The van der Waals surface area contributed by atoms with E-state index in [2.05, 4.69) is 26.1 Å². The van der Waals surface area contributed by atoms with Crippen molar-refractivity contribution in [1.29, 1.82) is 0 Å². The van der Waals surface area contributed by atoms with Crippen LogP contribution in [0.25, 0.3) is 0 Å². The highest BCUT2D eigenvalue weighted by Gasteiger charge is 2.22. The lowest BCUT2D eigenvalue weighted by Gasteiger charge is -2.25. The van der Waals surface area contributed by atoms with Crippen molar-refractivity contribution in [2.75, 3.05) is 30.9 Å². The molecule has 0 radical (unpaired) electrons. The highest BCUT2D eigenvalue weighted by Crippen LogP contribution is 2.22. The molecular weight excluding hydrogens is 216 g/mol. The molecule has 1 N–H and O–H groups in total. The Hall–Kier alpha value is -1.32. The Kier molecular flexibility index (Phi) is 3.96. The van der Waals surface area contributed by atoms with Crippen LogP contribution in [-0.2, 0) is 0 Å². The van der Waals surface area contributed by atoms with E-state index in [4.69, 9.17) is 0 Å². The summed E-state index contributed by atoms with van der Waals surface area (Å²) in [6.45, 7) is 7.40. The molecular formula is C13H22N2O2. The predicted molar refractivity (Wildman–Crippen MR) is 72.9 cm³/mol. The van der Waals surface area contributed by atoms with Crippen LogP contribution in [0.15, 0.2) is 9.59 Å². The molecule has 0 aliphatic rings. The van der Waals surface area contributed by atoms with Crippen molar-refractivity contribution in [2.24, 2.45) is 5.41 Å². The molecule has 0 spiro atoms. The summed E-state index contributed by atoms with van der Waals surface area (Å²) in [6, 6.07) is 0. The molecule has 0 atom stereocenters. The van der Waals surface area contributed by atoms with E-state index in [0.717, 1.165) is 19.4 Å². The number of nitrogens with one attached hydrogen (secondary N) is 1. The van der Waals surface area contributed by atoms with Gasteiger partial charge in [0, 0.05) is 20.6 Å². The SMILES string of the molecule is CNc1c(N(C)CCCC(C)(C)C)c(=O)c1=O. The van der Waals surface area contributed by atoms with Gasteiger partial charge in [0.15, 0.2) is 0 Å². The number of hydrogen-bond acceptors (Lipinski definition) is 4. The fourth-order valence-electron chi connectivity index (χ4n) is 1.93. The summed E-state index contributed by atoms with van der Waals surface area (Å²) in [4.78, 5) is 24.6. The number of hydrogen-bond donors (Lipinski definition) is 1. The van der Waals surface area contributed by atoms with Crippen LogP contribution in [0.5, 0.6) is 0 Å². The minimum atomic E-state index is -0.398. The summed E-state index contributed by atoms with van der Waals surface area (Å²) >= 11 is 0. The van der Waals surface area contributed by atoms with Crippen molar-refractivity contribution in [3.05, 3.63) is 20.4 Å². The zero-order valence-electron chi connectivity index (χ0n) is 11.4. The van der Waals surface area contributed by atoms with E-state index in [1.54, 1.807) is 7.05 Å². The zero-order valence-corrected chi connectivity index (χ0v) is 11.4. The van der Waals surface area contributed by atoms with Crippen LogP contribution in [0.2, 0.25) is 0 Å². The summed E-state index contributed by atoms with van der Waals surface area (Å²) < 4.78 is 0. The van der Waals surface area contributed by atoms with E-state index >= 15 is 0 Å². The summed E-state index contributed by atoms with van der Waals surface area (Å²) in [5.74, 6) is 0. The van der Waals surface area contributed by atoms with Gasteiger partial charge in [0.25, 0.3) is 10.9 Å². The second-order valence-electron chi connectivity index (χ2n) is 5.72. The van der Waals surface area contributed by atoms with Crippen LogP contribution in [0, 0.1) is 5.41 Å². The third-order valence-electron chi connectivity index (χ3n) is 2.94. The molecule has 4 nitrogen and oxygen atoms in total. The van der Waals surface area contributed by atoms with E-state index in [9.17, 15) is 9.59 Å². The molecule has 0 fully saturated rings. The van der Waals surface area contributed by atoms with Crippen LogP contribution in [-0.4, -0.2) is 20.6 Å². The van der Waals surface area contributed by atoms with Gasteiger partial charge < -0.3 is 10.2 Å². The Bertz CT molecular complexity index is 450. The van der Waals surface area contributed by atoms with Gasteiger partial charge >= 0.3 is 0 Å². The Labute approximate surface area is 102 Å². The van der Waals surface area contributed by atoms with E-state index in [1.807, 2.05) is 11.9 Å². The Balaban J connectivity index is 2.60. The van der Waals surface area contributed by atoms with E-state index in [-0.39, 0.29) is 5.43 Å². The van der Waals surface area contributed by atoms with Gasteiger partial charge in [-0.25, -0.2) is 0 Å². The maximum Gasteiger partial charge on any atom is 0.253 e. The Morgan fingerprint density at radius 2 is 1.76 bits per heavy atom. The van der Waals surface area contributed by atoms with Crippen LogP contribution in [0.1, 0.15) is 33.6 Å². The van der Waals surface area contributed by atoms with Gasteiger partial charge in [-0.3, -0.25) is 9.59 Å². The summed E-state index contributed by atoms with van der Waals surface area (Å²) in [7, 11) is 3.53. The first-order valence-electron chi connectivity index (χ1n) is 6.00. The van der Waals surface area contributed by atoms with Crippen LogP contribution >= 0.6 is 0 Å². The molecule has 1 aromatic rings. The molecule has 0 saturated carbocycles. The van der Waals surface area contributed by atoms with Gasteiger partial charge in [-0.05, 0) is 18.3 Å². The highest BCUT2D eigenvalue weighted by atomic mass is 16.2. The predicted octanol–water partition coefficient (Wildman–Crippen LogP) is 1.59. The average molecular weight is 238 g/mol. The lowest BCUT2D eigenvalue weighted by atomic mass is 9.90. The fraction of sp³-hybridized carbons (Fsp3) is 0.692. The van der Waals surface area contributed by atoms with Crippen molar-refractivity contribution in [3.63, 3.8) is 0 Å². The minimum Gasteiger partial charge on any atom is -0.383 e. The van der Waals surface area contributed by atoms with Crippen molar-refractivity contribution in [2.45, 2.75) is 33.6 Å². The number of nitrogens with zero attached hydrogens (tertiary/aromatic N) is 1. The molecule has 0 amide bonds. The molecule has 0 unspecified atom stereocenters. The van der Waals surface area contributed by atoms with E-state index < -0.39 is 5.43 Å². The second-order valence-corrected chi connectivity index (χ2v) is 5.72. The van der Waals surface area contributed by atoms with Crippen molar-refractivity contribution in [3.8, 4) is 0 Å². The van der Waals surface area contributed by atoms with Gasteiger partial charge in [-0.15, -0.1) is 0 Å². The molecule has 0 aliphatic heterocycles. The molecule has 0 saturated heterocycles. The van der Waals surface area contributed by atoms with Gasteiger partial charge in [0.1, 0.15) is 11.4 Å². The molecule has 0 aromatic heterocycles. The summed E-state index contributed by atoms with van der Waals surface area (Å²) in [5.41, 5.74) is 0.526. The van der Waals surface area contributed by atoms with Gasteiger partial charge in [0.05, 0.1) is 0 Å².